The average molecular weight is 263 g/mol. The molecule has 1 unspecified atom stereocenters. The van der Waals surface area contributed by atoms with Gasteiger partial charge >= 0.3 is 0 Å². The molecular weight excluding hydrogens is 238 g/mol. The molecule has 5 nitrogen and oxygen atoms in total. The largest absolute Gasteiger partial charge is 0.314 e. The van der Waals surface area contributed by atoms with Crippen molar-refractivity contribution >= 4 is 0 Å². The van der Waals surface area contributed by atoms with E-state index in [0.717, 1.165) is 30.9 Å². The molecule has 1 aliphatic carbocycles. The Morgan fingerprint density at radius 3 is 3.05 bits per heavy atom. The van der Waals surface area contributed by atoms with E-state index in [1.807, 2.05) is 4.68 Å². The van der Waals surface area contributed by atoms with E-state index in [-0.39, 0.29) is 0 Å². The van der Waals surface area contributed by atoms with Crippen molar-refractivity contribution in [2.24, 2.45) is 5.92 Å². The number of rotatable bonds is 6. The van der Waals surface area contributed by atoms with Crippen LogP contribution in [-0.4, -0.2) is 45.3 Å². The molecule has 0 aromatic carbocycles. The van der Waals surface area contributed by atoms with Crippen LogP contribution < -0.4 is 5.32 Å². The number of piperidine rings is 1. The molecule has 1 N–H and O–H groups in total. The quantitative estimate of drug-likeness (QED) is 0.839. The zero-order valence-corrected chi connectivity index (χ0v) is 11.9. The third-order valence-electron chi connectivity index (χ3n) is 4.24. The van der Waals surface area contributed by atoms with Gasteiger partial charge in [0.2, 0.25) is 0 Å². The summed E-state index contributed by atoms with van der Waals surface area (Å²) in [7, 11) is 0. The first-order valence-corrected chi connectivity index (χ1v) is 7.67. The van der Waals surface area contributed by atoms with E-state index < -0.39 is 0 Å². The summed E-state index contributed by atoms with van der Waals surface area (Å²) in [6.07, 6.45) is 7.13. The molecule has 19 heavy (non-hydrogen) atoms. The summed E-state index contributed by atoms with van der Waals surface area (Å²) in [6.45, 7) is 7.59. The van der Waals surface area contributed by atoms with Gasteiger partial charge in [-0.15, -0.1) is 0 Å². The molecule has 2 aliphatic rings. The lowest BCUT2D eigenvalue weighted by atomic mass is 9.98. The first-order chi connectivity index (χ1) is 9.35. The van der Waals surface area contributed by atoms with Crippen molar-refractivity contribution in [3.8, 4) is 0 Å². The lowest BCUT2D eigenvalue weighted by Crippen LogP contribution is -2.40. The summed E-state index contributed by atoms with van der Waals surface area (Å²) in [5.74, 6) is 1.92. The van der Waals surface area contributed by atoms with Crippen molar-refractivity contribution in [2.45, 2.75) is 51.7 Å². The Morgan fingerprint density at radius 1 is 1.37 bits per heavy atom. The molecule has 1 aliphatic heterocycles. The third kappa shape index (κ3) is 3.54. The molecule has 0 bridgehead atoms. The Labute approximate surface area is 115 Å². The van der Waals surface area contributed by atoms with Crippen LogP contribution in [0.5, 0.6) is 0 Å². The number of likely N-dealkylation sites (tertiary alicyclic amines) is 1. The Kier molecular flexibility index (Phi) is 4.13. The second-order valence-electron chi connectivity index (χ2n) is 5.92. The Balaban J connectivity index is 1.49. The third-order valence-corrected chi connectivity index (χ3v) is 4.24. The number of hydrogen-bond acceptors (Lipinski definition) is 4. The van der Waals surface area contributed by atoms with Crippen LogP contribution in [0.2, 0.25) is 0 Å². The zero-order chi connectivity index (χ0) is 13.1. The molecule has 106 valence electrons. The molecular formula is C14H25N5. The lowest BCUT2D eigenvalue weighted by Gasteiger charge is -2.32. The summed E-state index contributed by atoms with van der Waals surface area (Å²) in [4.78, 5) is 6.93. The molecule has 2 heterocycles. The van der Waals surface area contributed by atoms with Gasteiger partial charge in [-0.05, 0) is 51.6 Å². The molecule has 5 heteroatoms. The minimum atomic E-state index is 0.812. The number of hydrogen-bond donors (Lipinski definition) is 1. The van der Waals surface area contributed by atoms with E-state index in [1.165, 1.54) is 45.3 Å². The van der Waals surface area contributed by atoms with Crippen molar-refractivity contribution in [1.29, 1.82) is 0 Å². The fraction of sp³-hybridized carbons (Fsp3) is 0.857. The predicted molar refractivity (Wildman–Crippen MR) is 74.7 cm³/mol. The second kappa shape index (κ2) is 6.01. The molecule has 3 rings (SSSR count). The molecule has 1 saturated heterocycles. The molecule has 0 amide bonds. The standard InChI is InChI=1S/C14H25N5/c1-2-19-14(16-11-17-19)10-18-7-3-4-12(9-18)8-15-13-5-6-13/h11-13,15H,2-10H2,1H3. The van der Waals surface area contributed by atoms with E-state index >= 15 is 0 Å². The van der Waals surface area contributed by atoms with Crippen LogP contribution in [0.1, 0.15) is 38.4 Å². The summed E-state index contributed by atoms with van der Waals surface area (Å²) in [5, 5.41) is 7.92. The van der Waals surface area contributed by atoms with E-state index in [1.54, 1.807) is 6.33 Å². The zero-order valence-electron chi connectivity index (χ0n) is 11.9. The smallest absolute Gasteiger partial charge is 0.140 e. The highest BCUT2D eigenvalue weighted by Gasteiger charge is 2.25. The molecule has 1 aromatic rings. The van der Waals surface area contributed by atoms with E-state index in [0.29, 0.717) is 0 Å². The predicted octanol–water partition coefficient (Wildman–Crippen LogP) is 1.26. The first-order valence-electron chi connectivity index (χ1n) is 7.67. The normalized spacial score (nSPS) is 24.8. The topological polar surface area (TPSA) is 46.0 Å². The first kappa shape index (κ1) is 13.1. The summed E-state index contributed by atoms with van der Waals surface area (Å²) in [6, 6.07) is 0.832. The summed E-state index contributed by atoms with van der Waals surface area (Å²) in [5.41, 5.74) is 0. The molecule has 2 fully saturated rings. The van der Waals surface area contributed by atoms with Crippen molar-refractivity contribution in [2.75, 3.05) is 19.6 Å². The van der Waals surface area contributed by atoms with Crippen LogP contribution in [0, 0.1) is 5.92 Å². The number of aryl methyl sites for hydroxylation is 1. The minimum absolute atomic E-state index is 0.812. The van der Waals surface area contributed by atoms with E-state index in [4.69, 9.17) is 0 Å². The fourth-order valence-corrected chi connectivity index (χ4v) is 2.96. The Morgan fingerprint density at radius 2 is 2.26 bits per heavy atom. The van der Waals surface area contributed by atoms with Crippen LogP contribution in [0.15, 0.2) is 6.33 Å². The number of nitrogens with zero attached hydrogens (tertiary/aromatic N) is 4. The van der Waals surface area contributed by atoms with Gasteiger partial charge in [0.15, 0.2) is 0 Å². The van der Waals surface area contributed by atoms with Crippen LogP contribution in [0.25, 0.3) is 0 Å². The highest BCUT2D eigenvalue weighted by atomic mass is 15.3. The van der Waals surface area contributed by atoms with Crippen LogP contribution >= 0.6 is 0 Å². The Bertz CT molecular complexity index is 398. The van der Waals surface area contributed by atoms with Gasteiger partial charge in [-0.2, -0.15) is 5.10 Å². The summed E-state index contributed by atoms with van der Waals surface area (Å²) >= 11 is 0. The maximum atomic E-state index is 4.38. The number of aromatic nitrogens is 3. The van der Waals surface area contributed by atoms with Gasteiger partial charge in [-0.1, -0.05) is 0 Å². The van der Waals surface area contributed by atoms with E-state index in [9.17, 15) is 0 Å². The van der Waals surface area contributed by atoms with Crippen LogP contribution in [0.4, 0.5) is 0 Å². The number of nitrogens with one attached hydrogen (secondary N) is 1. The van der Waals surface area contributed by atoms with Crippen molar-refractivity contribution in [3.63, 3.8) is 0 Å². The Hall–Kier alpha value is -0.940. The minimum Gasteiger partial charge on any atom is -0.314 e. The summed E-state index contributed by atoms with van der Waals surface area (Å²) < 4.78 is 2.01. The van der Waals surface area contributed by atoms with Crippen LogP contribution in [-0.2, 0) is 13.1 Å². The molecule has 0 spiro atoms. The van der Waals surface area contributed by atoms with E-state index in [2.05, 4.69) is 27.2 Å². The van der Waals surface area contributed by atoms with Gasteiger partial charge in [0, 0.05) is 19.1 Å². The average Bonchev–Trinajstić information content (AvgIpc) is 3.16. The van der Waals surface area contributed by atoms with Crippen molar-refractivity contribution in [1.82, 2.24) is 25.0 Å². The van der Waals surface area contributed by atoms with Gasteiger partial charge in [0.1, 0.15) is 12.2 Å². The van der Waals surface area contributed by atoms with Gasteiger partial charge in [-0.25, -0.2) is 9.67 Å². The van der Waals surface area contributed by atoms with Crippen molar-refractivity contribution in [3.05, 3.63) is 12.2 Å². The van der Waals surface area contributed by atoms with Gasteiger partial charge in [0.05, 0.1) is 6.54 Å². The van der Waals surface area contributed by atoms with Crippen molar-refractivity contribution < 1.29 is 0 Å². The van der Waals surface area contributed by atoms with Gasteiger partial charge in [0.25, 0.3) is 0 Å². The monoisotopic (exact) mass is 263 g/mol. The van der Waals surface area contributed by atoms with Gasteiger partial charge in [-0.3, -0.25) is 4.90 Å². The molecule has 1 atom stereocenters. The fourth-order valence-electron chi connectivity index (χ4n) is 2.96. The SMILES string of the molecule is CCn1ncnc1CN1CCCC(CNC2CC2)C1. The maximum absolute atomic E-state index is 4.38. The van der Waals surface area contributed by atoms with Crippen LogP contribution in [0.3, 0.4) is 0 Å². The highest BCUT2D eigenvalue weighted by molar-refractivity contribution is 4.88. The van der Waals surface area contributed by atoms with Gasteiger partial charge < -0.3 is 5.32 Å². The lowest BCUT2D eigenvalue weighted by molar-refractivity contribution is 0.159. The maximum Gasteiger partial charge on any atom is 0.140 e. The highest BCUT2D eigenvalue weighted by Crippen LogP contribution is 2.21. The molecule has 1 aromatic heterocycles. The molecule has 0 radical (unpaired) electrons. The second-order valence-corrected chi connectivity index (χ2v) is 5.92. The molecule has 1 saturated carbocycles.